The topological polar surface area (TPSA) is 47.3 Å². The Morgan fingerprint density at radius 1 is 1.54 bits per heavy atom. The van der Waals surface area contributed by atoms with Crippen LogP contribution in [0.3, 0.4) is 0 Å². The second-order valence-electron chi connectivity index (χ2n) is 4.15. The van der Waals surface area contributed by atoms with E-state index >= 15 is 0 Å². The Hall–Kier alpha value is -0.590. The molecule has 3 heteroatoms. The van der Waals surface area contributed by atoms with Gasteiger partial charge in [0.05, 0.1) is 6.07 Å². The zero-order valence-corrected chi connectivity index (χ0v) is 8.29. The van der Waals surface area contributed by atoms with Crippen LogP contribution in [-0.4, -0.2) is 36.8 Å². The molecule has 3 nitrogen and oxygen atoms in total. The summed E-state index contributed by atoms with van der Waals surface area (Å²) < 4.78 is 0. The molecule has 0 spiro atoms. The first-order chi connectivity index (χ1) is 6.22. The maximum absolute atomic E-state index is 8.65. The molecule has 1 saturated carbocycles. The van der Waals surface area contributed by atoms with E-state index in [-0.39, 0.29) is 6.61 Å². The number of aliphatic hydroxyl groups is 1. The summed E-state index contributed by atoms with van der Waals surface area (Å²) in [6.45, 7) is 2.21. The van der Waals surface area contributed by atoms with Crippen LogP contribution in [-0.2, 0) is 0 Å². The Bertz CT molecular complexity index is 194. The van der Waals surface area contributed by atoms with Crippen molar-refractivity contribution in [2.45, 2.75) is 25.7 Å². The van der Waals surface area contributed by atoms with E-state index in [1.165, 1.54) is 12.8 Å². The van der Waals surface area contributed by atoms with Gasteiger partial charge in [0.25, 0.3) is 0 Å². The molecule has 1 aliphatic carbocycles. The molecule has 0 aromatic heterocycles. The van der Waals surface area contributed by atoms with Crippen molar-refractivity contribution in [2.75, 3.05) is 26.7 Å². The van der Waals surface area contributed by atoms with Crippen molar-refractivity contribution in [3.8, 4) is 6.07 Å². The summed E-state index contributed by atoms with van der Waals surface area (Å²) in [6, 6.07) is 2.26. The molecule has 13 heavy (non-hydrogen) atoms. The lowest BCUT2D eigenvalue weighted by molar-refractivity contribution is 0.222. The lowest BCUT2D eigenvalue weighted by atomic mass is 10.0. The average Bonchev–Trinajstić information content (AvgIpc) is 2.82. The third kappa shape index (κ3) is 3.33. The molecule has 1 fully saturated rings. The van der Waals surface area contributed by atoms with Crippen molar-refractivity contribution in [3.05, 3.63) is 0 Å². The largest absolute Gasteiger partial charge is 0.396 e. The van der Waals surface area contributed by atoms with Crippen LogP contribution < -0.4 is 0 Å². The van der Waals surface area contributed by atoms with Crippen molar-refractivity contribution in [1.82, 2.24) is 4.90 Å². The van der Waals surface area contributed by atoms with Crippen molar-refractivity contribution in [2.24, 2.45) is 5.41 Å². The van der Waals surface area contributed by atoms with Gasteiger partial charge in [-0.15, -0.1) is 0 Å². The predicted molar refractivity (Wildman–Crippen MR) is 51.1 cm³/mol. The van der Waals surface area contributed by atoms with Crippen LogP contribution in [0.25, 0.3) is 0 Å². The van der Waals surface area contributed by atoms with Crippen LogP contribution in [0.2, 0.25) is 0 Å². The second-order valence-corrected chi connectivity index (χ2v) is 4.15. The van der Waals surface area contributed by atoms with Gasteiger partial charge in [0, 0.05) is 26.1 Å². The minimum Gasteiger partial charge on any atom is -0.396 e. The van der Waals surface area contributed by atoms with Crippen LogP contribution >= 0.6 is 0 Å². The summed E-state index contributed by atoms with van der Waals surface area (Å²) in [5.41, 5.74) is 0.305. The van der Waals surface area contributed by atoms with E-state index in [0.29, 0.717) is 11.8 Å². The Kier molecular flexibility index (Phi) is 3.71. The van der Waals surface area contributed by atoms with E-state index in [1.54, 1.807) is 0 Å². The number of hydrogen-bond donors (Lipinski definition) is 1. The highest BCUT2D eigenvalue weighted by molar-refractivity contribution is 5.00. The molecule has 0 amide bonds. The summed E-state index contributed by atoms with van der Waals surface area (Å²) >= 11 is 0. The molecular weight excluding hydrogens is 164 g/mol. The number of rotatable bonds is 6. The first kappa shape index (κ1) is 10.5. The number of aliphatic hydroxyl groups excluding tert-OH is 1. The molecule has 0 unspecified atom stereocenters. The monoisotopic (exact) mass is 182 g/mol. The highest BCUT2D eigenvalue weighted by atomic mass is 16.3. The summed E-state index contributed by atoms with van der Waals surface area (Å²) in [6.07, 6.45) is 3.92. The normalized spacial score (nSPS) is 18.6. The standard InChI is InChI=1S/C10H18N2O/c1-12(7-2-8-13)9-10(3-4-10)5-6-11/h13H,2-5,7-9H2,1H3. The molecule has 0 atom stereocenters. The minimum absolute atomic E-state index is 0.260. The van der Waals surface area contributed by atoms with Gasteiger partial charge in [-0.25, -0.2) is 0 Å². The Morgan fingerprint density at radius 2 is 2.23 bits per heavy atom. The maximum atomic E-state index is 8.65. The molecular formula is C10H18N2O. The van der Waals surface area contributed by atoms with E-state index in [2.05, 4.69) is 18.0 Å². The molecule has 0 aromatic rings. The van der Waals surface area contributed by atoms with Gasteiger partial charge in [-0.1, -0.05) is 0 Å². The number of hydrogen-bond acceptors (Lipinski definition) is 3. The van der Waals surface area contributed by atoms with Gasteiger partial charge in [-0.2, -0.15) is 5.26 Å². The summed E-state index contributed by atoms with van der Waals surface area (Å²) in [7, 11) is 2.06. The fraction of sp³-hybridized carbons (Fsp3) is 0.900. The van der Waals surface area contributed by atoms with Gasteiger partial charge < -0.3 is 10.0 Å². The highest BCUT2D eigenvalue weighted by Gasteiger charge is 2.42. The molecule has 0 heterocycles. The molecule has 0 radical (unpaired) electrons. The Labute approximate surface area is 80.0 Å². The summed E-state index contributed by atoms with van der Waals surface area (Å²) in [4.78, 5) is 2.22. The molecule has 0 aliphatic heterocycles. The molecule has 1 aliphatic rings. The van der Waals surface area contributed by atoms with Crippen LogP contribution in [0.15, 0.2) is 0 Å². The zero-order chi connectivity index (χ0) is 9.73. The number of nitriles is 1. The van der Waals surface area contributed by atoms with Gasteiger partial charge in [0.15, 0.2) is 0 Å². The third-order valence-electron chi connectivity index (χ3n) is 2.71. The fourth-order valence-corrected chi connectivity index (χ4v) is 1.73. The van der Waals surface area contributed by atoms with Crippen LogP contribution in [0, 0.1) is 16.7 Å². The van der Waals surface area contributed by atoms with Gasteiger partial charge in [-0.05, 0) is 31.7 Å². The molecule has 0 bridgehead atoms. The van der Waals surface area contributed by atoms with E-state index in [9.17, 15) is 0 Å². The Morgan fingerprint density at radius 3 is 2.69 bits per heavy atom. The molecule has 1 N–H and O–H groups in total. The third-order valence-corrected chi connectivity index (χ3v) is 2.71. The lowest BCUT2D eigenvalue weighted by Crippen LogP contribution is -2.28. The SMILES string of the molecule is CN(CCCO)CC1(CC#N)CC1. The summed E-state index contributed by atoms with van der Waals surface area (Å²) in [5, 5.41) is 17.3. The fourth-order valence-electron chi connectivity index (χ4n) is 1.73. The second kappa shape index (κ2) is 4.59. The van der Waals surface area contributed by atoms with Gasteiger partial charge in [0.1, 0.15) is 0 Å². The van der Waals surface area contributed by atoms with Crippen LogP contribution in [0.5, 0.6) is 0 Å². The van der Waals surface area contributed by atoms with Crippen LogP contribution in [0.1, 0.15) is 25.7 Å². The zero-order valence-electron chi connectivity index (χ0n) is 8.29. The van der Waals surface area contributed by atoms with Gasteiger partial charge in [-0.3, -0.25) is 0 Å². The number of nitrogens with zero attached hydrogens (tertiary/aromatic N) is 2. The van der Waals surface area contributed by atoms with Crippen molar-refractivity contribution >= 4 is 0 Å². The molecule has 74 valence electrons. The van der Waals surface area contributed by atoms with Crippen molar-refractivity contribution in [3.63, 3.8) is 0 Å². The molecule has 1 rings (SSSR count). The van der Waals surface area contributed by atoms with Gasteiger partial charge in [0.2, 0.25) is 0 Å². The lowest BCUT2D eigenvalue weighted by Gasteiger charge is -2.21. The highest BCUT2D eigenvalue weighted by Crippen LogP contribution is 2.48. The molecule has 0 aromatic carbocycles. The van der Waals surface area contributed by atoms with E-state index < -0.39 is 0 Å². The van der Waals surface area contributed by atoms with E-state index in [0.717, 1.165) is 19.5 Å². The first-order valence-corrected chi connectivity index (χ1v) is 4.89. The summed E-state index contributed by atoms with van der Waals surface area (Å²) in [5.74, 6) is 0. The first-order valence-electron chi connectivity index (χ1n) is 4.89. The van der Waals surface area contributed by atoms with Gasteiger partial charge >= 0.3 is 0 Å². The maximum Gasteiger partial charge on any atom is 0.0628 e. The van der Waals surface area contributed by atoms with E-state index in [1.807, 2.05) is 0 Å². The van der Waals surface area contributed by atoms with Crippen molar-refractivity contribution in [1.29, 1.82) is 5.26 Å². The van der Waals surface area contributed by atoms with Crippen molar-refractivity contribution < 1.29 is 5.11 Å². The predicted octanol–water partition coefficient (Wildman–Crippen LogP) is 0.994. The Balaban J connectivity index is 2.20. The smallest absolute Gasteiger partial charge is 0.0628 e. The quantitative estimate of drug-likeness (QED) is 0.666. The minimum atomic E-state index is 0.260. The molecule has 0 saturated heterocycles. The van der Waals surface area contributed by atoms with Crippen LogP contribution in [0.4, 0.5) is 0 Å². The average molecular weight is 182 g/mol. The van der Waals surface area contributed by atoms with E-state index in [4.69, 9.17) is 10.4 Å².